The lowest BCUT2D eigenvalue weighted by atomic mass is 10.0. The van der Waals surface area contributed by atoms with Crippen LogP contribution in [0.1, 0.15) is 37.3 Å². The second-order valence-electron chi connectivity index (χ2n) is 10.3. The maximum Gasteiger partial charge on any atom is 0.246 e. The number of carbonyl (C=O) groups excluding carboxylic acids is 2. The molecular formula is C33H39N3O5S. The summed E-state index contributed by atoms with van der Waals surface area (Å²) in [6.07, 6.45) is 5.18. The first-order valence-corrected chi connectivity index (χ1v) is 15.8. The zero-order chi connectivity index (χ0) is 30.0. The Kier molecular flexibility index (Phi) is 10.9. The van der Waals surface area contributed by atoms with Gasteiger partial charge in [-0.25, -0.2) is 8.42 Å². The van der Waals surface area contributed by atoms with E-state index in [0.717, 1.165) is 16.9 Å². The Balaban J connectivity index is 1.50. The van der Waals surface area contributed by atoms with Gasteiger partial charge in [-0.15, -0.1) is 0 Å². The fourth-order valence-corrected chi connectivity index (χ4v) is 6.60. The second-order valence-corrected chi connectivity index (χ2v) is 12.3. The van der Waals surface area contributed by atoms with Crippen molar-refractivity contribution in [1.29, 1.82) is 0 Å². The number of piperidine rings is 1. The van der Waals surface area contributed by atoms with E-state index in [1.165, 1.54) is 4.31 Å². The molecule has 9 heteroatoms. The normalized spacial score (nSPS) is 14.3. The number of likely N-dealkylation sites (tertiary alicyclic amines) is 1. The van der Waals surface area contributed by atoms with Crippen molar-refractivity contribution in [3.8, 4) is 5.75 Å². The number of ether oxygens (including phenoxy) is 1. The molecule has 0 spiro atoms. The predicted molar refractivity (Wildman–Crippen MR) is 164 cm³/mol. The van der Waals surface area contributed by atoms with Gasteiger partial charge in [0.1, 0.15) is 5.75 Å². The molecule has 0 unspecified atom stereocenters. The molecule has 0 aliphatic carbocycles. The average Bonchev–Trinajstić information content (AvgIpc) is 3.03. The summed E-state index contributed by atoms with van der Waals surface area (Å²) >= 11 is 0. The first-order valence-electron chi connectivity index (χ1n) is 14.3. The molecule has 1 heterocycles. The van der Waals surface area contributed by atoms with Crippen LogP contribution in [0.25, 0.3) is 6.08 Å². The van der Waals surface area contributed by atoms with E-state index in [1.807, 2.05) is 67.6 Å². The lowest BCUT2D eigenvalue weighted by Crippen LogP contribution is -2.51. The smallest absolute Gasteiger partial charge is 0.246 e. The van der Waals surface area contributed by atoms with Crippen LogP contribution in [0.2, 0.25) is 0 Å². The van der Waals surface area contributed by atoms with Crippen molar-refractivity contribution in [2.45, 2.75) is 43.7 Å². The third-order valence-corrected chi connectivity index (χ3v) is 9.29. The van der Waals surface area contributed by atoms with Gasteiger partial charge < -0.3 is 14.5 Å². The van der Waals surface area contributed by atoms with Gasteiger partial charge in [0.2, 0.25) is 21.8 Å². The van der Waals surface area contributed by atoms with Crippen molar-refractivity contribution in [1.82, 2.24) is 14.1 Å². The highest BCUT2D eigenvalue weighted by molar-refractivity contribution is 7.89. The molecule has 8 nitrogen and oxygen atoms in total. The minimum Gasteiger partial charge on any atom is -0.497 e. The van der Waals surface area contributed by atoms with Gasteiger partial charge in [-0.1, -0.05) is 67.6 Å². The van der Waals surface area contributed by atoms with E-state index >= 15 is 0 Å². The van der Waals surface area contributed by atoms with E-state index in [-0.39, 0.29) is 35.8 Å². The Labute approximate surface area is 249 Å². The van der Waals surface area contributed by atoms with Crippen LogP contribution in [0, 0.1) is 0 Å². The first kappa shape index (κ1) is 31.0. The highest BCUT2D eigenvalue weighted by Crippen LogP contribution is 2.23. The summed E-state index contributed by atoms with van der Waals surface area (Å²) in [7, 11) is -2.24. The molecular weight excluding hydrogens is 550 g/mol. The molecule has 222 valence electrons. The van der Waals surface area contributed by atoms with Crippen molar-refractivity contribution >= 4 is 27.9 Å². The standard InChI is InChI=1S/C33H39N3O5S/c1-3-22-35(42(39,40)31-12-8-5-9-13-31)26-33(38)36(25-28-14-17-30(41-2)18-15-28)29-20-23-34(24-21-29)32(37)19-16-27-10-6-4-7-11-27/h4-19,29H,3,20-26H2,1-2H3/b19-16+. The monoisotopic (exact) mass is 589 g/mol. The van der Waals surface area contributed by atoms with Crippen molar-refractivity contribution in [3.63, 3.8) is 0 Å². The number of amides is 2. The maximum absolute atomic E-state index is 13.9. The summed E-state index contributed by atoms with van der Waals surface area (Å²) in [5.74, 6) is 0.399. The molecule has 1 fully saturated rings. The summed E-state index contributed by atoms with van der Waals surface area (Å²) < 4.78 is 33.5. The third-order valence-electron chi connectivity index (χ3n) is 7.43. The molecule has 1 saturated heterocycles. The minimum atomic E-state index is -3.84. The van der Waals surface area contributed by atoms with E-state index in [1.54, 1.807) is 53.3 Å². The largest absolute Gasteiger partial charge is 0.497 e. The van der Waals surface area contributed by atoms with Crippen molar-refractivity contribution in [2.75, 3.05) is 33.3 Å². The summed E-state index contributed by atoms with van der Waals surface area (Å²) in [4.78, 5) is 30.5. The van der Waals surface area contributed by atoms with Crippen LogP contribution in [-0.4, -0.2) is 73.7 Å². The molecule has 3 aromatic rings. The Morgan fingerprint density at radius 1 is 0.929 bits per heavy atom. The number of hydrogen-bond acceptors (Lipinski definition) is 5. The van der Waals surface area contributed by atoms with Crippen molar-refractivity contribution < 1.29 is 22.7 Å². The molecule has 0 radical (unpaired) electrons. The molecule has 1 aliphatic heterocycles. The Bertz CT molecular complexity index is 1440. The second kappa shape index (κ2) is 14.8. The number of carbonyl (C=O) groups is 2. The SMILES string of the molecule is CCCN(CC(=O)N(Cc1ccc(OC)cc1)C1CCN(C(=O)/C=C/c2ccccc2)CC1)S(=O)(=O)c1ccccc1. The third kappa shape index (κ3) is 8.08. The van der Waals surface area contributed by atoms with E-state index in [0.29, 0.717) is 38.9 Å². The van der Waals surface area contributed by atoms with Crippen LogP contribution in [0.3, 0.4) is 0 Å². The molecule has 0 aromatic heterocycles. The van der Waals surface area contributed by atoms with E-state index in [4.69, 9.17) is 4.74 Å². The van der Waals surface area contributed by atoms with Crippen LogP contribution >= 0.6 is 0 Å². The minimum absolute atomic E-state index is 0.0617. The summed E-state index contributed by atoms with van der Waals surface area (Å²) in [5.41, 5.74) is 1.88. The van der Waals surface area contributed by atoms with Gasteiger partial charge in [0.15, 0.2) is 0 Å². The lowest BCUT2D eigenvalue weighted by Gasteiger charge is -2.39. The van der Waals surface area contributed by atoms with Crippen molar-refractivity contribution in [2.24, 2.45) is 0 Å². The van der Waals surface area contributed by atoms with Gasteiger partial charge in [-0.05, 0) is 60.7 Å². The number of nitrogens with zero attached hydrogens (tertiary/aromatic N) is 3. The Hall–Kier alpha value is -3.95. The van der Waals surface area contributed by atoms with Gasteiger partial charge in [-0.3, -0.25) is 9.59 Å². The van der Waals surface area contributed by atoms with Crippen LogP contribution < -0.4 is 4.74 Å². The number of hydrogen-bond donors (Lipinski definition) is 0. The average molecular weight is 590 g/mol. The molecule has 2 amide bonds. The van der Waals surface area contributed by atoms with Crippen LogP contribution in [0.5, 0.6) is 5.75 Å². The Morgan fingerprint density at radius 3 is 2.14 bits per heavy atom. The molecule has 0 atom stereocenters. The number of rotatable bonds is 12. The fourth-order valence-electron chi connectivity index (χ4n) is 5.10. The highest BCUT2D eigenvalue weighted by Gasteiger charge is 2.33. The molecule has 42 heavy (non-hydrogen) atoms. The quantitative estimate of drug-likeness (QED) is 0.283. The highest BCUT2D eigenvalue weighted by atomic mass is 32.2. The van der Waals surface area contributed by atoms with Crippen LogP contribution in [0.15, 0.2) is 95.9 Å². The van der Waals surface area contributed by atoms with Gasteiger partial charge >= 0.3 is 0 Å². The topological polar surface area (TPSA) is 87.2 Å². The van der Waals surface area contributed by atoms with Gasteiger partial charge in [0.05, 0.1) is 18.6 Å². The molecule has 3 aromatic carbocycles. The zero-order valence-electron chi connectivity index (χ0n) is 24.3. The molecule has 0 N–H and O–H groups in total. The Morgan fingerprint density at radius 2 is 1.55 bits per heavy atom. The van der Waals surface area contributed by atoms with E-state index in [9.17, 15) is 18.0 Å². The lowest BCUT2D eigenvalue weighted by molar-refractivity contribution is -0.136. The maximum atomic E-state index is 13.9. The van der Waals surface area contributed by atoms with Gasteiger partial charge in [0, 0.05) is 38.3 Å². The number of benzene rings is 3. The summed E-state index contributed by atoms with van der Waals surface area (Å²) in [5, 5.41) is 0. The zero-order valence-corrected chi connectivity index (χ0v) is 25.1. The predicted octanol–water partition coefficient (Wildman–Crippen LogP) is 4.83. The van der Waals surface area contributed by atoms with Crippen LogP contribution in [-0.2, 0) is 26.2 Å². The fraction of sp³-hybridized carbons (Fsp3) is 0.333. The van der Waals surface area contributed by atoms with Crippen molar-refractivity contribution in [3.05, 3.63) is 102 Å². The van der Waals surface area contributed by atoms with Gasteiger partial charge in [0.25, 0.3) is 0 Å². The summed E-state index contributed by atoms with van der Waals surface area (Å²) in [6, 6.07) is 25.3. The number of methoxy groups -OCH3 is 1. The van der Waals surface area contributed by atoms with Crippen LogP contribution in [0.4, 0.5) is 0 Å². The molecule has 0 saturated carbocycles. The molecule has 1 aliphatic rings. The van der Waals surface area contributed by atoms with Gasteiger partial charge in [-0.2, -0.15) is 4.31 Å². The molecule has 0 bridgehead atoms. The number of sulfonamides is 1. The van der Waals surface area contributed by atoms with E-state index < -0.39 is 10.0 Å². The van der Waals surface area contributed by atoms with E-state index in [2.05, 4.69) is 0 Å². The summed E-state index contributed by atoms with van der Waals surface area (Å²) in [6.45, 7) is 3.24. The molecule has 4 rings (SSSR count). The first-order chi connectivity index (χ1) is 20.3.